The lowest BCUT2D eigenvalue weighted by molar-refractivity contribution is -0.127. The van der Waals surface area contributed by atoms with Crippen LogP contribution in [0.3, 0.4) is 0 Å². The summed E-state index contributed by atoms with van der Waals surface area (Å²) in [7, 11) is 2.07. The van der Waals surface area contributed by atoms with Crippen molar-refractivity contribution in [2.24, 2.45) is 11.7 Å². The van der Waals surface area contributed by atoms with E-state index in [2.05, 4.69) is 31.1 Å². The lowest BCUT2D eigenvalue weighted by atomic mass is 10.0. The number of nitrogens with zero attached hydrogens (tertiary/aromatic N) is 1. The second-order valence-electron chi connectivity index (χ2n) is 5.86. The molecule has 1 fully saturated rings. The molecule has 0 spiro atoms. The molecule has 0 aromatic heterocycles. The first-order chi connectivity index (χ1) is 9.04. The second-order valence-corrected chi connectivity index (χ2v) is 5.86. The van der Waals surface area contributed by atoms with E-state index in [-0.39, 0.29) is 11.9 Å². The van der Waals surface area contributed by atoms with Crippen molar-refractivity contribution in [1.82, 2.24) is 10.2 Å². The van der Waals surface area contributed by atoms with E-state index in [0.29, 0.717) is 18.0 Å². The van der Waals surface area contributed by atoms with Crippen molar-refractivity contribution in [3.8, 4) is 0 Å². The molecule has 3 unspecified atom stereocenters. The van der Waals surface area contributed by atoms with Gasteiger partial charge in [-0.15, -0.1) is 0 Å². The first-order valence-corrected chi connectivity index (χ1v) is 7.77. The maximum absolute atomic E-state index is 12.3. The van der Waals surface area contributed by atoms with E-state index in [9.17, 15) is 4.79 Å². The molecule has 19 heavy (non-hydrogen) atoms. The van der Waals surface area contributed by atoms with Crippen molar-refractivity contribution in [3.05, 3.63) is 0 Å². The molecule has 3 atom stereocenters. The summed E-state index contributed by atoms with van der Waals surface area (Å²) in [6.45, 7) is 6.97. The molecule has 0 radical (unpaired) electrons. The number of carbonyl (C=O) groups excluding carboxylic acids is 1. The van der Waals surface area contributed by atoms with E-state index in [1.165, 1.54) is 19.3 Å². The van der Waals surface area contributed by atoms with E-state index in [0.717, 1.165) is 19.4 Å². The van der Waals surface area contributed by atoms with Crippen molar-refractivity contribution in [1.29, 1.82) is 0 Å². The topological polar surface area (TPSA) is 58.4 Å². The Kier molecular flexibility index (Phi) is 6.80. The number of nitrogens with two attached hydrogens (primary N) is 1. The summed E-state index contributed by atoms with van der Waals surface area (Å²) in [5, 5.41) is 3.14. The molecule has 1 aliphatic carbocycles. The zero-order chi connectivity index (χ0) is 14.4. The van der Waals surface area contributed by atoms with Crippen LogP contribution in [0.15, 0.2) is 0 Å². The monoisotopic (exact) mass is 269 g/mol. The zero-order valence-corrected chi connectivity index (χ0v) is 13.0. The molecule has 3 N–H and O–H groups in total. The Labute approximate surface area is 118 Å². The zero-order valence-electron chi connectivity index (χ0n) is 13.0. The fraction of sp³-hybridized carbons (Fsp3) is 0.933. The predicted octanol–water partition coefficient (Wildman–Crippen LogP) is 1.74. The largest absolute Gasteiger partial charge is 0.352 e. The number of amides is 1. The third-order valence-electron chi connectivity index (χ3n) is 4.77. The fourth-order valence-electron chi connectivity index (χ4n) is 3.12. The minimum atomic E-state index is -0.0715. The van der Waals surface area contributed by atoms with E-state index in [1.54, 1.807) is 0 Å². The molecule has 0 aromatic carbocycles. The van der Waals surface area contributed by atoms with E-state index >= 15 is 0 Å². The molecule has 112 valence electrons. The van der Waals surface area contributed by atoms with Crippen molar-refractivity contribution in [2.45, 2.75) is 71.0 Å². The highest BCUT2D eigenvalue weighted by Gasteiger charge is 2.33. The highest BCUT2D eigenvalue weighted by molar-refractivity contribution is 5.81. The fourth-order valence-corrected chi connectivity index (χ4v) is 3.12. The van der Waals surface area contributed by atoms with Gasteiger partial charge >= 0.3 is 0 Å². The molecular formula is C15H31N3O. The third-order valence-corrected chi connectivity index (χ3v) is 4.77. The highest BCUT2D eigenvalue weighted by atomic mass is 16.2. The molecule has 4 heteroatoms. The summed E-state index contributed by atoms with van der Waals surface area (Å²) in [6, 6.07) is 0.697. The standard InChI is InChI=1S/C15H31N3O/c1-5-13(6-2)17-15(19)11(3)18(4)14-9-7-8-12(14)10-16/h11-14H,5-10,16H2,1-4H3,(H,17,19). The molecule has 0 saturated heterocycles. The highest BCUT2D eigenvalue weighted by Crippen LogP contribution is 2.29. The van der Waals surface area contributed by atoms with Crippen molar-refractivity contribution in [3.63, 3.8) is 0 Å². The van der Waals surface area contributed by atoms with E-state index in [4.69, 9.17) is 5.73 Å². The van der Waals surface area contributed by atoms with E-state index in [1.807, 2.05) is 6.92 Å². The van der Waals surface area contributed by atoms with Crippen molar-refractivity contribution < 1.29 is 4.79 Å². The first kappa shape index (κ1) is 16.4. The van der Waals surface area contributed by atoms with Crippen molar-refractivity contribution in [2.75, 3.05) is 13.6 Å². The summed E-state index contributed by atoms with van der Waals surface area (Å²) >= 11 is 0. The van der Waals surface area contributed by atoms with Gasteiger partial charge in [0, 0.05) is 12.1 Å². The molecule has 0 heterocycles. The molecule has 1 saturated carbocycles. The molecule has 1 amide bonds. The van der Waals surface area contributed by atoms with Crippen LogP contribution in [0.4, 0.5) is 0 Å². The Balaban J connectivity index is 2.55. The van der Waals surface area contributed by atoms with E-state index < -0.39 is 0 Å². The van der Waals surface area contributed by atoms with Gasteiger partial charge in [0.25, 0.3) is 0 Å². The Morgan fingerprint density at radius 1 is 1.37 bits per heavy atom. The summed E-state index contributed by atoms with van der Waals surface area (Å²) in [5.74, 6) is 0.701. The maximum atomic E-state index is 12.3. The van der Waals surface area contributed by atoms with Gasteiger partial charge in [-0.3, -0.25) is 9.69 Å². The smallest absolute Gasteiger partial charge is 0.237 e. The number of likely N-dealkylation sites (N-methyl/N-ethyl adjacent to an activating group) is 1. The second kappa shape index (κ2) is 7.85. The van der Waals surface area contributed by atoms with Crippen LogP contribution < -0.4 is 11.1 Å². The summed E-state index contributed by atoms with van der Waals surface area (Å²) < 4.78 is 0. The van der Waals surface area contributed by atoms with Gasteiger partial charge in [-0.05, 0) is 52.1 Å². The molecule has 0 aliphatic heterocycles. The number of carbonyl (C=O) groups is 1. The number of rotatable bonds is 7. The molecular weight excluding hydrogens is 238 g/mol. The molecule has 0 bridgehead atoms. The van der Waals surface area contributed by atoms with Crippen LogP contribution in [0.5, 0.6) is 0 Å². The van der Waals surface area contributed by atoms with Gasteiger partial charge in [-0.1, -0.05) is 20.3 Å². The van der Waals surface area contributed by atoms with Gasteiger partial charge in [-0.25, -0.2) is 0 Å². The van der Waals surface area contributed by atoms with Gasteiger partial charge in [0.1, 0.15) is 0 Å². The molecule has 0 aromatic rings. The predicted molar refractivity (Wildman–Crippen MR) is 79.9 cm³/mol. The number of hydrogen-bond acceptors (Lipinski definition) is 3. The normalized spacial score (nSPS) is 25.0. The Morgan fingerprint density at radius 2 is 2.00 bits per heavy atom. The number of hydrogen-bond donors (Lipinski definition) is 2. The Morgan fingerprint density at radius 3 is 2.53 bits per heavy atom. The molecule has 1 aliphatic rings. The molecule has 4 nitrogen and oxygen atoms in total. The van der Waals surface area contributed by atoms with Crippen LogP contribution in [0.25, 0.3) is 0 Å². The molecule has 1 rings (SSSR count). The van der Waals surface area contributed by atoms with Gasteiger partial charge < -0.3 is 11.1 Å². The average molecular weight is 269 g/mol. The van der Waals surface area contributed by atoms with Gasteiger partial charge in [0.15, 0.2) is 0 Å². The van der Waals surface area contributed by atoms with Crippen molar-refractivity contribution >= 4 is 5.91 Å². The lowest BCUT2D eigenvalue weighted by Gasteiger charge is -2.34. The lowest BCUT2D eigenvalue weighted by Crippen LogP contribution is -2.51. The first-order valence-electron chi connectivity index (χ1n) is 7.77. The summed E-state index contributed by atoms with van der Waals surface area (Å²) in [5.41, 5.74) is 5.83. The minimum Gasteiger partial charge on any atom is -0.352 e. The summed E-state index contributed by atoms with van der Waals surface area (Å²) in [6.07, 6.45) is 5.59. The van der Waals surface area contributed by atoms with Crippen LogP contribution in [0.2, 0.25) is 0 Å². The van der Waals surface area contributed by atoms with Crippen LogP contribution >= 0.6 is 0 Å². The Bertz CT molecular complexity index is 279. The quantitative estimate of drug-likeness (QED) is 0.740. The Hall–Kier alpha value is -0.610. The van der Waals surface area contributed by atoms with Gasteiger partial charge in [0.2, 0.25) is 5.91 Å². The summed E-state index contributed by atoms with van der Waals surface area (Å²) in [4.78, 5) is 14.5. The van der Waals surface area contributed by atoms with Crippen LogP contribution in [0, 0.1) is 5.92 Å². The SMILES string of the molecule is CCC(CC)NC(=O)C(C)N(C)C1CCCC1CN. The van der Waals surface area contributed by atoms with Crippen LogP contribution in [-0.2, 0) is 4.79 Å². The van der Waals surface area contributed by atoms with Gasteiger partial charge in [0.05, 0.1) is 6.04 Å². The number of nitrogens with one attached hydrogen (secondary N) is 1. The third kappa shape index (κ3) is 4.18. The average Bonchev–Trinajstić information content (AvgIpc) is 2.91. The minimum absolute atomic E-state index is 0.0715. The maximum Gasteiger partial charge on any atom is 0.237 e. The van der Waals surface area contributed by atoms with Crippen LogP contribution in [0.1, 0.15) is 52.9 Å². The van der Waals surface area contributed by atoms with Crippen LogP contribution in [-0.4, -0.2) is 42.5 Å². The van der Waals surface area contributed by atoms with Gasteiger partial charge in [-0.2, -0.15) is 0 Å².